The van der Waals surface area contributed by atoms with Crippen LogP contribution in [0.15, 0.2) is 77.7 Å². The summed E-state index contributed by atoms with van der Waals surface area (Å²) in [4.78, 5) is 12.5. The minimum absolute atomic E-state index is 0.145. The van der Waals surface area contributed by atoms with Gasteiger partial charge in [0, 0.05) is 18.7 Å². The number of aryl methyl sites for hydroxylation is 1. The van der Waals surface area contributed by atoms with Crippen LogP contribution in [0.4, 0.5) is 11.4 Å². The molecule has 3 rings (SSSR count). The van der Waals surface area contributed by atoms with Gasteiger partial charge < -0.3 is 10.6 Å². The van der Waals surface area contributed by atoms with E-state index in [9.17, 15) is 13.2 Å². The molecule has 0 aliphatic carbocycles. The number of benzene rings is 3. The predicted octanol–water partition coefficient (Wildman–Crippen LogP) is 4.43. The Kier molecular flexibility index (Phi) is 7.68. The number of anilines is 2. The molecule has 162 valence electrons. The third kappa shape index (κ3) is 6.55. The minimum atomic E-state index is -3.46. The topological polar surface area (TPSA) is 87.3 Å². The summed E-state index contributed by atoms with van der Waals surface area (Å²) in [5.74, 6) is -0.145. The summed E-state index contributed by atoms with van der Waals surface area (Å²) in [5, 5.41) is 6.65. The van der Waals surface area contributed by atoms with E-state index in [-0.39, 0.29) is 17.2 Å². The Labute approximate surface area is 187 Å². The first kappa shape index (κ1) is 22.8. The lowest BCUT2D eigenvalue weighted by Crippen LogP contribution is -2.18. The van der Waals surface area contributed by atoms with Gasteiger partial charge in [0.1, 0.15) is 0 Å². The molecule has 0 aromatic heterocycles. The van der Waals surface area contributed by atoms with Crippen LogP contribution in [0.1, 0.15) is 17.5 Å². The molecule has 0 aliphatic rings. The maximum atomic E-state index is 12.3. The van der Waals surface area contributed by atoms with Gasteiger partial charge in [-0.1, -0.05) is 54.1 Å². The minimum Gasteiger partial charge on any atom is -0.380 e. The van der Waals surface area contributed by atoms with E-state index in [4.69, 9.17) is 11.6 Å². The molecular formula is C23H24ClN3O3S. The largest absolute Gasteiger partial charge is 0.380 e. The highest BCUT2D eigenvalue weighted by Crippen LogP contribution is 2.26. The Balaban J connectivity index is 1.51. The molecule has 3 N–H and O–H groups in total. The van der Waals surface area contributed by atoms with Gasteiger partial charge in [0.25, 0.3) is 0 Å². The molecule has 0 aliphatic heterocycles. The molecule has 0 radical (unpaired) electrons. The zero-order valence-electron chi connectivity index (χ0n) is 17.1. The van der Waals surface area contributed by atoms with Gasteiger partial charge >= 0.3 is 0 Å². The van der Waals surface area contributed by atoms with E-state index in [1.165, 1.54) is 19.2 Å². The van der Waals surface area contributed by atoms with Crippen LogP contribution in [-0.4, -0.2) is 21.4 Å². The summed E-state index contributed by atoms with van der Waals surface area (Å²) in [6, 6.07) is 21.8. The summed E-state index contributed by atoms with van der Waals surface area (Å²) >= 11 is 6.35. The number of sulfonamides is 1. The second-order valence-corrected chi connectivity index (χ2v) is 9.23. The SMILES string of the molecule is CNS(=O)(=O)c1ccc(CCC(=O)Nc2ccc(NCc3ccccc3)c(Cl)c2)cc1. The molecule has 6 nitrogen and oxygen atoms in total. The summed E-state index contributed by atoms with van der Waals surface area (Å²) in [5.41, 5.74) is 3.44. The van der Waals surface area contributed by atoms with E-state index < -0.39 is 10.0 Å². The predicted molar refractivity (Wildman–Crippen MR) is 125 cm³/mol. The average molecular weight is 458 g/mol. The third-order valence-corrected chi connectivity index (χ3v) is 6.46. The third-order valence-electron chi connectivity index (χ3n) is 4.72. The zero-order chi connectivity index (χ0) is 22.3. The number of carbonyl (C=O) groups excluding carboxylic acids is 1. The van der Waals surface area contributed by atoms with E-state index in [0.717, 1.165) is 16.8 Å². The molecule has 0 saturated carbocycles. The van der Waals surface area contributed by atoms with E-state index in [1.54, 1.807) is 24.3 Å². The molecule has 1 amide bonds. The van der Waals surface area contributed by atoms with Crippen LogP contribution in [-0.2, 0) is 27.8 Å². The Morgan fingerprint density at radius 2 is 1.65 bits per heavy atom. The van der Waals surface area contributed by atoms with Crippen LogP contribution < -0.4 is 15.4 Å². The molecule has 0 fully saturated rings. The van der Waals surface area contributed by atoms with Gasteiger partial charge in [-0.2, -0.15) is 0 Å². The van der Waals surface area contributed by atoms with Crippen molar-refractivity contribution < 1.29 is 13.2 Å². The fourth-order valence-electron chi connectivity index (χ4n) is 2.96. The van der Waals surface area contributed by atoms with E-state index in [0.29, 0.717) is 23.7 Å². The van der Waals surface area contributed by atoms with E-state index in [1.807, 2.05) is 36.4 Å². The van der Waals surface area contributed by atoms with Gasteiger partial charge in [-0.15, -0.1) is 0 Å². The summed E-state index contributed by atoms with van der Waals surface area (Å²) < 4.78 is 25.8. The van der Waals surface area contributed by atoms with Crippen LogP contribution in [0.5, 0.6) is 0 Å². The van der Waals surface area contributed by atoms with Gasteiger partial charge in [0.05, 0.1) is 15.6 Å². The Bertz CT molecular complexity index is 1130. The first-order valence-corrected chi connectivity index (χ1v) is 11.6. The Morgan fingerprint density at radius 1 is 0.935 bits per heavy atom. The molecule has 8 heteroatoms. The fraction of sp³-hybridized carbons (Fsp3) is 0.174. The van der Waals surface area contributed by atoms with Crippen LogP contribution in [0, 0.1) is 0 Å². The summed E-state index contributed by atoms with van der Waals surface area (Å²) in [6.45, 7) is 0.653. The van der Waals surface area contributed by atoms with Crippen LogP contribution >= 0.6 is 11.6 Å². The number of halogens is 1. The van der Waals surface area contributed by atoms with Crippen LogP contribution in [0.25, 0.3) is 0 Å². The molecule has 31 heavy (non-hydrogen) atoms. The number of rotatable bonds is 9. The molecule has 0 bridgehead atoms. The molecule has 3 aromatic rings. The van der Waals surface area contributed by atoms with Crippen molar-refractivity contribution in [1.82, 2.24) is 4.72 Å². The average Bonchev–Trinajstić information content (AvgIpc) is 2.78. The molecule has 0 unspecified atom stereocenters. The fourth-order valence-corrected chi connectivity index (χ4v) is 3.94. The van der Waals surface area contributed by atoms with Crippen molar-refractivity contribution >= 4 is 38.9 Å². The number of carbonyl (C=O) groups is 1. The quantitative estimate of drug-likeness (QED) is 0.443. The second kappa shape index (κ2) is 10.4. The number of hydrogen-bond donors (Lipinski definition) is 3. The van der Waals surface area contributed by atoms with E-state index >= 15 is 0 Å². The van der Waals surface area contributed by atoms with Gasteiger partial charge in [-0.3, -0.25) is 4.79 Å². The van der Waals surface area contributed by atoms with Crippen molar-refractivity contribution in [1.29, 1.82) is 0 Å². The standard InChI is InChI=1S/C23H24ClN3O3S/c1-25-31(29,30)20-11-7-17(8-12-20)9-14-23(28)27-19-10-13-22(21(24)15-19)26-16-18-5-3-2-4-6-18/h2-8,10-13,15,25-26H,9,14,16H2,1H3,(H,27,28). The first-order valence-electron chi connectivity index (χ1n) is 9.77. The van der Waals surface area contributed by atoms with Gasteiger partial charge in [-0.05, 0) is 54.9 Å². The lowest BCUT2D eigenvalue weighted by Gasteiger charge is -2.11. The number of nitrogens with one attached hydrogen (secondary N) is 3. The highest BCUT2D eigenvalue weighted by atomic mass is 35.5. The molecule has 3 aromatic carbocycles. The van der Waals surface area contributed by atoms with Crippen molar-refractivity contribution in [2.24, 2.45) is 0 Å². The highest BCUT2D eigenvalue weighted by molar-refractivity contribution is 7.89. The van der Waals surface area contributed by atoms with Crippen molar-refractivity contribution in [3.8, 4) is 0 Å². The second-order valence-electron chi connectivity index (χ2n) is 6.93. The molecule has 0 atom stereocenters. The highest BCUT2D eigenvalue weighted by Gasteiger charge is 2.11. The molecule has 0 saturated heterocycles. The van der Waals surface area contributed by atoms with Gasteiger partial charge in [-0.25, -0.2) is 13.1 Å². The molecular weight excluding hydrogens is 434 g/mol. The molecule has 0 spiro atoms. The lowest BCUT2D eigenvalue weighted by atomic mass is 10.1. The smallest absolute Gasteiger partial charge is 0.240 e. The van der Waals surface area contributed by atoms with E-state index in [2.05, 4.69) is 15.4 Å². The summed E-state index contributed by atoms with van der Waals surface area (Å²) in [7, 11) is -2.09. The summed E-state index contributed by atoms with van der Waals surface area (Å²) in [6.07, 6.45) is 0.764. The van der Waals surface area contributed by atoms with Crippen LogP contribution in [0.3, 0.4) is 0 Å². The van der Waals surface area contributed by atoms with Crippen molar-refractivity contribution in [3.05, 3.63) is 88.9 Å². The maximum Gasteiger partial charge on any atom is 0.240 e. The number of amides is 1. The van der Waals surface area contributed by atoms with Crippen molar-refractivity contribution in [3.63, 3.8) is 0 Å². The zero-order valence-corrected chi connectivity index (χ0v) is 18.6. The monoisotopic (exact) mass is 457 g/mol. The normalized spacial score (nSPS) is 11.2. The maximum absolute atomic E-state index is 12.3. The number of hydrogen-bond acceptors (Lipinski definition) is 4. The van der Waals surface area contributed by atoms with Gasteiger partial charge in [0.2, 0.25) is 15.9 Å². The van der Waals surface area contributed by atoms with Crippen molar-refractivity contribution in [2.45, 2.75) is 24.3 Å². The first-order chi connectivity index (χ1) is 14.9. The van der Waals surface area contributed by atoms with Gasteiger partial charge in [0.15, 0.2) is 0 Å². The van der Waals surface area contributed by atoms with Crippen LogP contribution in [0.2, 0.25) is 5.02 Å². The Hall–Kier alpha value is -2.87. The Morgan fingerprint density at radius 3 is 2.29 bits per heavy atom. The van der Waals surface area contributed by atoms with Crippen molar-refractivity contribution in [2.75, 3.05) is 17.7 Å². The lowest BCUT2D eigenvalue weighted by molar-refractivity contribution is -0.116. The molecule has 0 heterocycles.